The number of nitrogens with one attached hydrogen (secondary N) is 2. The van der Waals surface area contributed by atoms with E-state index in [1.165, 1.54) is 0 Å². The van der Waals surface area contributed by atoms with Gasteiger partial charge in [-0.25, -0.2) is 0 Å². The minimum atomic E-state index is -0.394. The molecule has 0 aromatic heterocycles. The predicted octanol–water partition coefficient (Wildman–Crippen LogP) is 4.46. The number of nitriles is 1. The Morgan fingerprint density at radius 1 is 0.897 bits per heavy atom. The van der Waals surface area contributed by atoms with Crippen LogP contribution in [0.4, 0.5) is 11.4 Å². The van der Waals surface area contributed by atoms with Gasteiger partial charge in [0.1, 0.15) is 5.75 Å². The first-order valence-corrected chi connectivity index (χ1v) is 9.06. The van der Waals surface area contributed by atoms with Crippen LogP contribution in [0, 0.1) is 11.3 Å². The highest BCUT2D eigenvalue weighted by atomic mass is 16.5. The van der Waals surface area contributed by atoms with Crippen LogP contribution in [0.15, 0.2) is 72.8 Å². The Balaban J connectivity index is 1.83. The van der Waals surface area contributed by atoms with E-state index < -0.39 is 5.91 Å². The number of para-hydroxylation sites is 2. The molecule has 0 saturated carbocycles. The summed E-state index contributed by atoms with van der Waals surface area (Å²) in [5.74, 6) is -0.294. The van der Waals surface area contributed by atoms with Crippen molar-refractivity contribution in [1.29, 1.82) is 5.26 Å². The van der Waals surface area contributed by atoms with Gasteiger partial charge in [0.25, 0.3) is 11.8 Å². The van der Waals surface area contributed by atoms with Gasteiger partial charge in [0.05, 0.1) is 35.1 Å². The summed E-state index contributed by atoms with van der Waals surface area (Å²) in [6.07, 6.45) is 0. The molecule has 0 radical (unpaired) electrons. The summed E-state index contributed by atoms with van der Waals surface area (Å²) in [7, 11) is 0. The average molecular weight is 385 g/mol. The van der Waals surface area contributed by atoms with Gasteiger partial charge in [-0.3, -0.25) is 9.59 Å². The second-order valence-corrected chi connectivity index (χ2v) is 6.08. The maximum atomic E-state index is 12.8. The zero-order valence-corrected chi connectivity index (χ0v) is 15.8. The van der Waals surface area contributed by atoms with Gasteiger partial charge in [0, 0.05) is 5.69 Å². The average Bonchev–Trinajstić information content (AvgIpc) is 2.74. The van der Waals surface area contributed by atoms with Crippen LogP contribution in [0.5, 0.6) is 5.75 Å². The number of benzene rings is 3. The van der Waals surface area contributed by atoms with E-state index in [2.05, 4.69) is 10.6 Å². The first kappa shape index (κ1) is 19.6. The van der Waals surface area contributed by atoms with Gasteiger partial charge in [-0.2, -0.15) is 5.26 Å². The molecule has 2 N–H and O–H groups in total. The molecule has 6 heteroatoms. The second kappa shape index (κ2) is 9.20. The SMILES string of the molecule is CCOc1ccccc1C(=O)Nc1ccccc1C(=O)Nc1cccc(C#N)c1. The summed E-state index contributed by atoms with van der Waals surface area (Å²) in [6.45, 7) is 2.28. The van der Waals surface area contributed by atoms with Crippen LogP contribution >= 0.6 is 0 Å². The quantitative estimate of drug-likeness (QED) is 0.655. The van der Waals surface area contributed by atoms with Crippen molar-refractivity contribution in [1.82, 2.24) is 0 Å². The predicted molar refractivity (Wildman–Crippen MR) is 111 cm³/mol. The number of hydrogen-bond acceptors (Lipinski definition) is 4. The van der Waals surface area contributed by atoms with Crippen molar-refractivity contribution in [2.45, 2.75) is 6.92 Å². The molecule has 6 nitrogen and oxygen atoms in total. The van der Waals surface area contributed by atoms with Crippen LogP contribution in [0.25, 0.3) is 0 Å². The van der Waals surface area contributed by atoms with Gasteiger partial charge < -0.3 is 15.4 Å². The number of anilines is 2. The summed E-state index contributed by atoms with van der Waals surface area (Å²) in [4.78, 5) is 25.5. The molecule has 0 bridgehead atoms. The molecular formula is C23H19N3O3. The lowest BCUT2D eigenvalue weighted by molar-refractivity contribution is 0.102. The van der Waals surface area contributed by atoms with E-state index in [0.717, 1.165) is 0 Å². The molecule has 0 unspecified atom stereocenters. The lowest BCUT2D eigenvalue weighted by atomic mass is 10.1. The Hall–Kier alpha value is -4.11. The summed E-state index contributed by atoms with van der Waals surface area (Å²) >= 11 is 0. The molecule has 0 aliphatic rings. The highest BCUT2D eigenvalue weighted by Crippen LogP contribution is 2.22. The number of ether oxygens (including phenoxy) is 1. The molecule has 0 atom stereocenters. The fourth-order valence-corrected chi connectivity index (χ4v) is 2.78. The van der Waals surface area contributed by atoms with E-state index in [-0.39, 0.29) is 5.91 Å². The maximum absolute atomic E-state index is 12.8. The van der Waals surface area contributed by atoms with Gasteiger partial charge in [-0.1, -0.05) is 30.3 Å². The molecule has 3 aromatic carbocycles. The zero-order chi connectivity index (χ0) is 20.6. The van der Waals surface area contributed by atoms with Crippen LogP contribution in [0.1, 0.15) is 33.2 Å². The Labute approximate surface area is 168 Å². The van der Waals surface area contributed by atoms with Crippen molar-refractivity contribution in [2.24, 2.45) is 0 Å². The van der Waals surface area contributed by atoms with Gasteiger partial charge in [-0.05, 0) is 49.4 Å². The minimum absolute atomic E-state index is 0.303. The van der Waals surface area contributed by atoms with E-state index in [1.54, 1.807) is 72.8 Å². The maximum Gasteiger partial charge on any atom is 0.259 e. The van der Waals surface area contributed by atoms with Gasteiger partial charge >= 0.3 is 0 Å². The molecule has 2 amide bonds. The minimum Gasteiger partial charge on any atom is -0.493 e. The number of rotatable bonds is 6. The van der Waals surface area contributed by atoms with Crippen molar-refractivity contribution < 1.29 is 14.3 Å². The topological polar surface area (TPSA) is 91.2 Å². The van der Waals surface area contributed by atoms with Crippen molar-refractivity contribution in [3.05, 3.63) is 89.5 Å². The zero-order valence-electron chi connectivity index (χ0n) is 15.8. The third kappa shape index (κ3) is 4.79. The molecule has 0 spiro atoms. The molecule has 144 valence electrons. The van der Waals surface area contributed by atoms with Crippen molar-refractivity contribution in [2.75, 3.05) is 17.2 Å². The molecule has 0 fully saturated rings. The first-order valence-electron chi connectivity index (χ1n) is 9.06. The van der Waals surface area contributed by atoms with Gasteiger partial charge in [-0.15, -0.1) is 0 Å². The normalized spacial score (nSPS) is 9.93. The smallest absolute Gasteiger partial charge is 0.259 e. The second-order valence-electron chi connectivity index (χ2n) is 6.08. The largest absolute Gasteiger partial charge is 0.493 e. The number of carbonyl (C=O) groups is 2. The van der Waals surface area contributed by atoms with Crippen LogP contribution in [0.2, 0.25) is 0 Å². The Morgan fingerprint density at radius 3 is 2.34 bits per heavy atom. The third-order valence-corrected chi connectivity index (χ3v) is 4.10. The van der Waals surface area contributed by atoms with E-state index in [0.29, 0.717) is 40.4 Å². The number of carbonyl (C=O) groups excluding carboxylic acids is 2. The summed E-state index contributed by atoms with van der Waals surface area (Å²) < 4.78 is 5.51. The van der Waals surface area contributed by atoms with Crippen molar-refractivity contribution in [3.63, 3.8) is 0 Å². The van der Waals surface area contributed by atoms with Crippen LogP contribution in [-0.2, 0) is 0 Å². The van der Waals surface area contributed by atoms with Crippen LogP contribution < -0.4 is 15.4 Å². The standard InChI is InChI=1S/C23H19N3O3/c1-2-29-21-13-6-4-11-19(21)23(28)26-20-12-5-3-10-18(20)22(27)25-17-9-7-8-16(14-17)15-24/h3-14H,2H2,1H3,(H,25,27)(H,26,28). The van der Waals surface area contributed by atoms with Gasteiger partial charge in [0.15, 0.2) is 0 Å². The monoisotopic (exact) mass is 385 g/mol. The fourth-order valence-electron chi connectivity index (χ4n) is 2.78. The molecule has 0 aliphatic heterocycles. The number of nitrogens with zero attached hydrogens (tertiary/aromatic N) is 1. The Kier molecular flexibility index (Phi) is 6.23. The number of hydrogen-bond donors (Lipinski definition) is 2. The summed E-state index contributed by atoms with van der Waals surface area (Å²) in [5, 5.41) is 14.5. The third-order valence-electron chi connectivity index (χ3n) is 4.10. The lowest BCUT2D eigenvalue weighted by Gasteiger charge is -2.13. The molecular weight excluding hydrogens is 366 g/mol. The first-order chi connectivity index (χ1) is 14.1. The van der Waals surface area contributed by atoms with Crippen molar-refractivity contribution in [3.8, 4) is 11.8 Å². The van der Waals surface area contributed by atoms with E-state index >= 15 is 0 Å². The van der Waals surface area contributed by atoms with E-state index in [9.17, 15) is 9.59 Å². The van der Waals surface area contributed by atoms with E-state index in [1.807, 2.05) is 13.0 Å². The molecule has 3 aromatic rings. The molecule has 0 heterocycles. The summed E-state index contributed by atoms with van der Waals surface area (Å²) in [6, 6.07) is 22.3. The highest BCUT2D eigenvalue weighted by molar-refractivity contribution is 6.13. The lowest BCUT2D eigenvalue weighted by Crippen LogP contribution is -2.19. The van der Waals surface area contributed by atoms with Crippen LogP contribution in [-0.4, -0.2) is 18.4 Å². The Bertz CT molecular complexity index is 1090. The Morgan fingerprint density at radius 2 is 1.59 bits per heavy atom. The fraction of sp³-hybridized carbons (Fsp3) is 0.0870. The van der Waals surface area contributed by atoms with Gasteiger partial charge in [0.2, 0.25) is 0 Å². The highest BCUT2D eigenvalue weighted by Gasteiger charge is 2.17. The molecule has 0 saturated heterocycles. The molecule has 3 rings (SSSR count). The van der Waals surface area contributed by atoms with Crippen LogP contribution in [0.3, 0.4) is 0 Å². The van der Waals surface area contributed by atoms with E-state index in [4.69, 9.17) is 10.00 Å². The summed E-state index contributed by atoms with van der Waals surface area (Å²) in [5.41, 5.74) is 2.00. The molecule has 29 heavy (non-hydrogen) atoms. The molecule has 0 aliphatic carbocycles. The van der Waals surface area contributed by atoms with Crippen molar-refractivity contribution >= 4 is 23.2 Å². The number of amides is 2.